The summed E-state index contributed by atoms with van der Waals surface area (Å²) in [6.07, 6.45) is -1.41. The van der Waals surface area contributed by atoms with Gasteiger partial charge in [0.25, 0.3) is 0 Å². The van der Waals surface area contributed by atoms with Crippen molar-refractivity contribution < 1.29 is 13.2 Å². The van der Waals surface area contributed by atoms with Crippen molar-refractivity contribution in [3.63, 3.8) is 0 Å². The van der Waals surface area contributed by atoms with Crippen molar-refractivity contribution in [3.8, 4) is 0 Å². The topological polar surface area (TPSA) is 54.2 Å². The maximum absolute atomic E-state index is 12.7. The molecule has 108 valence electrons. The second kappa shape index (κ2) is 6.60. The van der Waals surface area contributed by atoms with Gasteiger partial charge in [-0.3, -0.25) is 0 Å². The average Bonchev–Trinajstić information content (AvgIpc) is 2.37. The number of halogens is 3. The zero-order valence-corrected chi connectivity index (χ0v) is 11.1. The number of alkyl halides is 3. The van der Waals surface area contributed by atoms with Gasteiger partial charge in [-0.1, -0.05) is 19.8 Å². The van der Waals surface area contributed by atoms with Gasteiger partial charge < -0.3 is 10.3 Å². The molecule has 1 aromatic rings. The van der Waals surface area contributed by atoms with E-state index in [2.05, 4.69) is 17.3 Å². The molecule has 1 rings (SSSR count). The Labute approximate surface area is 110 Å². The van der Waals surface area contributed by atoms with E-state index in [9.17, 15) is 13.2 Å². The van der Waals surface area contributed by atoms with Crippen molar-refractivity contribution in [2.45, 2.75) is 32.4 Å². The predicted octanol–water partition coefficient (Wildman–Crippen LogP) is 3.01. The van der Waals surface area contributed by atoms with Crippen molar-refractivity contribution in [2.24, 2.45) is 5.84 Å². The number of nitrogens with zero attached hydrogens (tertiary/aromatic N) is 2. The second-order valence-corrected chi connectivity index (χ2v) is 4.37. The molecule has 0 amide bonds. The molecule has 19 heavy (non-hydrogen) atoms. The fourth-order valence-corrected chi connectivity index (χ4v) is 1.66. The number of rotatable bonds is 6. The maximum atomic E-state index is 12.7. The standard InChI is InChI=1S/C12H19F3N4/c1-3-4-5-6-19(2)11-8-9(12(13,14)15)7-10(17-11)18-16/h7-8H,3-6,16H2,1-2H3,(H,17,18). The monoisotopic (exact) mass is 276 g/mol. The average molecular weight is 276 g/mol. The summed E-state index contributed by atoms with van der Waals surface area (Å²) in [7, 11) is 1.72. The molecule has 3 N–H and O–H groups in total. The lowest BCUT2D eigenvalue weighted by Gasteiger charge is -2.20. The summed E-state index contributed by atoms with van der Waals surface area (Å²) in [6.45, 7) is 2.73. The van der Waals surface area contributed by atoms with Crippen molar-refractivity contribution in [3.05, 3.63) is 17.7 Å². The Morgan fingerprint density at radius 2 is 2.00 bits per heavy atom. The molecule has 4 nitrogen and oxygen atoms in total. The van der Waals surface area contributed by atoms with E-state index in [4.69, 9.17) is 5.84 Å². The van der Waals surface area contributed by atoms with Crippen LogP contribution in [0, 0.1) is 0 Å². The number of hydrogen-bond donors (Lipinski definition) is 2. The van der Waals surface area contributed by atoms with E-state index in [1.54, 1.807) is 11.9 Å². The van der Waals surface area contributed by atoms with Gasteiger partial charge in [-0.2, -0.15) is 13.2 Å². The minimum Gasteiger partial charge on any atom is -0.360 e. The Balaban J connectivity index is 2.93. The molecule has 0 radical (unpaired) electrons. The number of hydrogen-bond acceptors (Lipinski definition) is 4. The number of nitrogens with one attached hydrogen (secondary N) is 1. The van der Waals surface area contributed by atoms with Gasteiger partial charge in [0.2, 0.25) is 0 Å². The fourth-order valence-electron chi connectivity index (χ4n) is 1.66. The highest BCUT2D eigenvalue weighted by Gasteiger charge is 2.32. The molecule has 0 atom stereocenters. The summed E-state index contributed by atoms with van der Waals surface area (Å²) in [6, 6.07) is 1.93. The van der Waals surface area contributed by atoms with Gasteiger partial charge in [-0.15, -0.1) is 0 Å². The minimum atomic E-state index is -4.41. The third-order valence-electron chi connectivity index (χ3n) is 2.78. The summed E-state index contributed by atoms with van der Waals surface area (Å²) in [4.78, 5) is 5.73. The van der Waals surface area contributed by atoms with E-state index in [1.165, 1.54) is 0 Å². The van der Waals surface area contributed by atoms with Crippen LogP contribution in [0.5, 0.6) is 0 Å². The first-order valence-corrected chi connectivity index (χ1v) is 6.15. The van der Waals surface area contributed by atoms with Crippen LogP contribution in [-0.4, -0.2) is 18.6 Å². The van der Waals surface area contributed by atoms with E-state index in [0.29, 0.717) is 6.54 Å². The molecular formula is C12H19F3N4. The first kappa shape index (κ1) is 15.6. The highest BCUT2D eigenvalue weighted by atomic mass is 19.4. The SMILES string of the molecule is CCCCCN(C)c1cc(C(F)(F)F)cc(NN)n1. The Bertz CT molecular complexity index is 406. The van der Waals surface area contributed by atoms with Crippen LogP contribution >= 0.6 is 0 Å². The Hall–Kier alpha value is -1.50. The maximum Gasteiger partial charge on any atom is 0.416 e. The van der Waals surface area contributed by atoms with Gasteiger partial charge in [-0.25, -0.2) is 10.8 Å². The number of aromatic nitrogens is 1. The molecule has 1 aromatic heterocycles. The molecule has 0 fully saturated rings. The summed E-state index contributed by atoms with van der Waals surface area (Å²) < 4.78 is 38.2. The van der Waals surface area contributed by atoms with Crippen LogP contribution in [0.1, 0.15) is 31.7 Å². The van der Waals surface area contributed by atoms with Crippen molar-refractivity contribution >= 4 is 11.6 Å². The number of nitrogen functional groups attached to an aromatic ring is 1. The second-order valence-electron chi connectivity index (χ2n) is 4.37. The minimum absolute atomic E-state index is 0.00664. The molecule has 7 heteroatoms. The first-order valence-electron chi connectivity index (χ1n) is 6.15. The van der Waals surface area contributed by atoms with Crippen LogP contribution in [0.3, 0.4) is 0 Å². The Kier molecular flexibility index (Phi) is 5.41. The van der Waals surface area contributed by atoms with Gasteiger partial charge in [-0.05, 0) is 18.6 Å². The molecule has 0 bridgehead atoms. The van der Waals surface area contributed by atoms with Gasteiger partial charge in [0.1, 0.15) is 11.6 Å². The van der Waals surface area contributed by atoms with E-state index < -0.39 is 11.7 Å². The predicted molar refractivity (Wildman–Crippen MR) is 69.8 cm³/mol. The molecule has 0 aromatic carbocycles. The van der Waals surface area contributed by atoms with Crippen molar-refractivity contribution in [2.75, 3.05) is 23.9 Å². The van der Waals surface area contributed by atoms with Crippen LogP contribution < -0.4 is 16.2 Å². The number of anilines is 2. The largest absolute Gasteiger partial charge is 0.416 e. The van der Waals surface area contributed by atoms with Crippen LogP contribution in [0.25, 0.3) is 0 Å². The molecule has 0 aliphatic rings. The lowest BCUT2D eigenvalue weighted by molar-refractivity contribution is -0.137. The number of unbranched alkanes of at least 4 members (excludes halogenated alkanes) is 2. The first-order chi connectivity index (χ1) is 8.88. The van der Waals surface area contributed by atoms with Crippen LogP contribution in [0.15, 0.2) is 12.1 Å². The lowest BCUT2D eigenvalue weighted by Crippen LogP contribution is -2.22. The van der Waals surface area contributed by atoms with E-state index in [0.717, 1.165) is 31.4 Å². The van der Waals surface area contributed by atoms with Gasteiger partial charge in [0.05, 0.1) is 5.56 Å². The van der Waals surface area contributed by atoms with Crippen LogP contribution in [0.2, 0.25) is 0 Å². The van der Waals surface area contributed by atoms with E-state index in [-0.39, 0.29) is 11.6 Å². The molecule has 0 aliphatic heterocycles. The van der Waals surface area contributed by atoms with E-state index in [1.807, 2.05) is 0 Å². The zero-order chi connectivity index (χ0) is 14.5. The molecule has 0 spiro atoms. The lowest BCUT2D eigenvalue weighted by atomic mass is 10.2. The van der Waals surface area contributed by atoms with Crippen LogP contribution in [-0.2, 0) is 6.18 Å². The Morgan fingerprint density at radius 3 is 2.53 bits per heavy atom. The van der Waals surface area contributed by atoms with Gasteiger partial charge >= 0.3 is 6.18 Å². The van der Waals surface area contributed by atoms with Crippen LogP contribution in [0.4, 0.5) is 24.8 Å². The molecule has 1 heterocycles. The van der Waals surface area contributed by atoms with Crippen molar-refractivity contribution in [1.82, 2.24) is 4.98 Å². The number of pyridine rings is 1. The molecular weight excluding hydrogens is 257 g/mol. The van der Waals surface area contributed by atoms with E-state index >= 15 is 0 Å². The van der Waals surface area contributed by atoms with Gasteiger partial charge in [0.15, 0.2) is 0 Å². The number of hydrazine groups is 1. The summed E-state index contributed by atoms with van der Waals surface area (Å²) in [5.41, 5.74) is 1.41. The zero-order valence-electron chi connectivity index (χ0n) is 11.1. The summed E-state index contributed by atoms with van der Waals surface area (Å²) >= 11 is 0. The highest BCUT2D eigenvalue weighted by molar-refractivity contribution is 5.50. The summed E-state index contributed by atoms with van der Waals surface area (Å²) in [5, 5.41) is 0. The van der Waals surface area contributed by atoms with Gasteiger partial charge in [0, 0.05) is 13.6 Å². The fraction of sp³-hybridized carbons (Fsp3) is 0.583. The Morgan fingerprint density at radius 1 is 1.32 bits per heavy atom. The number of nitrogens with two attached hydrogens (primary N) is 1. The van der Waals surface area contributed by atoms with Crippen molar-refractivity contribution in [1.29, 1.82) is 0 Å². The molecule has 0 saturated heterocycles. The highest BCUT2D eigenvalue weighted by Crippen LogP contribution is 2.32. The molecule has 0 saturated carbocycles. The molecule has 0 aliphatic carbocycles. The smallest absolute Gasteiger partial charge is 0.360 e. The normalized spacial score (nSPS) is 11.5. The quantitative estimate of drug-likeness (QED) is 0.476. The summed E-state index contributed by atoms with van der Waals surface area (Å²) in [5.74, 6) is 5.42. The third kappa shape index (κ3) is 4.59. The third-order valence-corrected chi connectivity index (χ3v) is 2.78. The molecule has 0 unspecified atom stereocenters.